The van der Waals surface area contributed by atoms with E-state index in [1.54, 1.807) is 19.4 Å². The van der Waals surface area contributed by atoms with Crippen LogP contribution in [0.25, 0.3) is 0 Å². The summed E-state index contributed by atoms with van der Waals surface area (Å²) in [6.45, 7) is 4.60. The molecule has 1 fully saturated rings. The molecule has 2 heterocycles. The molecule has 1 saturated heterocycles. The second-order valence-electron chi connectivity index (χ2n) is 6.69. The van der Waals surface area contributed by atoms with Crippen LogP contribution in [-0.2, 0) is 6.42 Å². The van der Waals surface area contributed by atoms with E-state index in [2.05, 4.69) is 20.5 Å². The van der Waals surface area contributed by atoms with Gasteiger partial charge < -0.3 is 20.0 Å². The summed E-state index contributed by atoms with van der Waals surface area (Å²) in [7, 11) is 1.78. The molecule has 2 aromatic rings. The fourth-order valence-electron chi connectivity index (χ4n) is 3.43. The third-order valence-electron chi connectivity index (χ3n) is 4.73. The zero-order valence-corrected chi connectivity index (χ0v) is 18.2. The molecular weight excluding hydrogens is 458 g/mol. The predicted octanol–water partition coefficient (Wildman–Crippen LogP) is 3.72. The van der Waals surface area contributed by atoms with Gasteiger partial charge in [-0.3, -0.25) is 4.99 Å². The van der Waals surface area contributed by atoms with Gasteiger partial charge >= 0.3 is 0 Å². The van der Waals surface area contributed by atoms with Gasteiger partial charge in [-0.15, -0.1) is 24.0 Å². The Kier molecular flexibility index (Phi) is 8.40. The summed E-state index contributed by atoms with van der Waals surface area (Å²) in [6, 6.07) is 9.20. The van der Waals surface area contributed by atoms with Crippen molar-refractivity contribution in [3.8, 4) is 0 Å². The number of anilines is 1. The zero-order chi connectivity index (χ0) is 18.4. The van der Waals surface area contributed by atoms with Crippen molar-refractivity contribution >= 4 is 35.6 Å². The Hall–Kier alpha value is -1.77. The number of aliphatic imine (C=N–C) groups is 1. The molecule has 1 aliphatic rings. The molecule has 0 bridgehead atoms. The number of aryl methyl sites for hydroxylation is 1. The van der Waals surface area contributed by atoms with Gasteiger partial charge in [-0.1, -0.05) is 0 Å². The van der Waals surface area contributed by atoms with Gasteiger partial charge in [-0.2, -0.15) is 0 Å². The number of nitrogens with one attached hydrogen (secondary N) is 2. The van der Waals surface area contributed by atoms with E-state index in [0.29, 0.717) is 6.04 Å². The predicted molar refractivity (Wildman–Crippen MR) is 119 cm³/mol. The highest BCUT2D eigenvalue weighted by atomic mass is 127. The number of furan rings is 1. The van der Waals surface area contributed by atoms with Gasteiger partial charge in [-0.25, -0.2) is 4.39 Å². The van der Waals surface area contributed by atoms with Gasteiger partial charge in [0.05, 0.1) is 6.26 Å². The molecule has 7 heteroatoms. The lowest BCUT2D eigenvalue weighted by Gasteiger charge is -2.36. The summed E-state index contributed by atoms with van der Waals surface area (Å²) in [5, 5.41) is 6.85. The Morgan fingerprint density at radius 2 is 2.22 bits per heavy atom. The lowest BCUT2D eigenvalue weighted by Crippen LogP contribution is -2.51. The van der Waals surface area contributed by atoms with Crippen molar-refractivity contribution in [2.24, 2.45) is 4.99 Å². The standard InChI is InChI=1S/C20H27FN4O.HI/c1-15-13-16(21)7-8-19(15)25-11-3-5-17(14-25)24-20(22-2)23-10-9-18-6-4-12-26-18;/h4,6-8,12-13,17H,3,5,9-11,14H2,1-2H3,(H2,22,23,24);1H. The molecule has 148 valence electrons. The maximum Gasteiger partial charge on any atom is 0.191 e. The van der Waals surface area contributed by atoms with E-state index in [-0.39, 0.29) is 29.8 Å². The van der Waals surface area contributed by atoms with Crippen molar-refractivity contribution in [3.05, 3.63) is 53.7 Å². The van der Waals surface area contributed by atoms with E-state index in [9.17, 15) is 4.39 Å². The molecule has 1 aliphatic heterocycles. The van der Waals surface area contributed by atoms with Crippen LogP contribution in [0.1, 0.15) is 24.2 Å². The molecule has 1 aromatic heterocycles. The average molecular weight is 486 g/mol. The molecular formula is C20H28FIN4O. The largest absolute Gasteiger partial charge is 0.469 e. The summed E-state index contributed by atoms with van der Waals surface area (Å²) < 4.78 is 18.7. The van der Waals surface area contributed by atoms with Crippen LogP contribution >= 0.6 is 24.0 Å². The minimum absolute atomic E-state index is 0. The summed E-state index contributed by atoms with van der Waals surface area (Å²) in [5.41, 5.74) is 2.09. The van der Waals surface area contributed by atoms with E-state index in [1.807, 2.05) is 25.1 Å². The molecule has 1 aromatic carbocycles. The second-order valence-corrected chi connectivity index (χ2v) is 6.69. The first-order valence-corrected chi connectivity index (χ1v) is 9.16. The molecule has 0 spiro atoms. The van der Waals surface area contributed by atoms with Crippen molar-refractivity contribution in [2.45, 2.75) is 32.2 Å². The minimum Gasteiger partial charge on any atom is -0.469 e. The number of rotatable bonds is 5. The van der Waals surface area contributed by atoms with Gasteiger partial charge in [0.2, 0.25) is 0 Å². The normalized spacial score (nSPS) is 17.4. The maximum absolute atomic E-state index is 13.4. The summed E-state index contributed by atoms with van der Waals surface area (Å²) in [5.74, 6) is 1.59. The minimum atomic E-state index is -0.181. The van der Waals surface area contributed by atoms with E-state index < -0.39 is 0 Å². The van der Waals surface area contributed by atoms with Crippen LogP contribution in [0.3, 0.4) is 0 Å². The molecule has 1 atom stereocenters. The zero-order valence-electron chi connectivity index (χ0n) is 15.9. The number of hydrogen-bond donors (Lipinski definition) is 2. The fraction of sp³-hybridized carbons (Fsp3) is 0.450. The van der Waals surface area contributed by atoms with Gasteiger partial charge in [0, 0.05) is 44.8 Å². The number of guanidine groups is 1. The van der Waals surface area contributed by atoms with Crippen molar-refractivity contribution in [1.82, 2.24) is 10.6 Å². The molecule has 27 heavy (non-hydrogen) atoms. The number of nitrogens with zero attached hydrogens (tertiary/aromatic N) is 2. The summed E-state index contributed by atoms with van der Waals surface area (Å²) in [6.07, 6.45) is 4.70. The smallest absolute Gasteiger partial charge is 0.191 e. The molecule has 2 N–H and O–H groups in total. The molecule has 0 saturated carbocycles. The van der Waals surface area contributed by atoms with E-state index >= 15 is 0 Å². The fourth-order valence-corrected chi connectivity index (χ4v) is 3.43. The third kappa shape index (κ3) is 6.12. The molecule has 0 amide bonds. The first kappa shape index (κ1) is 21.5. The molecule has 1 unspecified atom stereocenters. The number of halogens is 2. The first-order valence-electron chi connectivity index (χ1n) is 9.16. The number of hydrogen-bond acceptors (Lipinski definition) is 3. The topological polar surface area (TPSA) is 52.8 Å². The first-order chi connectivity index (χ1) is 12.7. The highest BCUT2D eigenvalue weighted by Crippen LogP contribution is 2.24. The van der Waals surface area contributed by atoms with Crippen LogP contribution in [0, 0.1) is 12.7 Å². The molecule has 3 rings (SSSR count). The summed E-state index contributed by atoms with van der Waals surface area (Å²) in [4.78, 5) is 6.65. The molecule has 5 nitrogen and oxygen atoms in total. The highest BCUT2D eigenvalue weighted by molar-refractivity contribution is 14.0. The quantitative estimate of drug-likeness (QED) is 0.385. The van der Waals surface area contributed by atoms with Gasteiger partial charge in [0.1, 0.15) is 11.6 Å². The maximum atomic E-state index is 13.4. The van der Waals surface area contributed by atoms with Crippen molar-refractivity contribution < 1.29 is 8.81 Å². The van der Waals surface area contributed by atoms with Crippen LogP contribution in [0.2, 0.25) is 0 Å². The van der Waals surface area contributed by atoms with Crippen molar-refractivity contribution in [2.75, 3.05) is 31.6 Å². The number of piperidine rings is 1. The Balaban J connectivity index is 0.00000261. The molecule has 0 aliphatic carbocycles. The van der Waals surface area contributed by atoms with Crippen LogP contribution in [0.5, 0.6) is 0 Å². The van der Waals surface area contributed by atoms with Crippen molar-refractivity contribution in [3.63, 3.8) is 0 Å². The average Bonchev–Trinajstić information content (AvgIpc) is 3.14. The van der Waals surface area contributed by atoms with Gasteiger partial charge in [0.15, 0.2) is 5.96 Å². The highest BCUT2D eigenvalue weighted by Gasteiger charge is 2.22. The van der Waals surface area contributed by atoms with E-state index in [4.69, 9.17) is 4.42 Å². The molecule has 0 radical (unpaired) electrons. The SMILES string of the molecule is CN=C(NCCc1ccco1)NC1CCCN(c2ccc(F)cc2C)C1.I. The third-order valence-corrected chi connectivity index (χ3v) is 4.73. The lowest BCUT2D eigenvalue weighted by atomic mass is 10.0. The lowest BCUT2D eigenvalue weighted by molar-refractivity contribution is 0.466. The van der Waals surface area contributed by atoms with Crippen LogP contribution in [0.4, 0.5) is 10.1 Å². The monoisotopic (exact) mass is 486 g/mol. The van der Waals surface area contributed by atoms with Crippen LogP contribution in [-0.4, -0.2) is 38.7 Å². The Morgan fingerprint density at radius 3 is 2.93 bits per heavy atom. The van der Waals surface area contributed by atoms with E-state index in [0.717, 1.165) is 61.9 Å². The van der Waals surface area contributed by atoms with Gasteiger partial charge in [-0.05, 0) is 55.7 Å². The Bertz CT molecular complexity index is 736. The second kappa shape index (κ2) is 10.5. The Labute approximate surface area is 177 Å². The van der Waals surface area contributed by atoms with Gasteiger partial charge in [0.25, 0.3) is 0 Å². The van der Waals surface area contributed by atoms with Crippen molar-refractivity contribution in [1.29, 1.82) is 0 Å². The van der Waals surface area contributed by atoms with E-state index in [1.165, 1.54) is 6.07 Å². The Morgan fingerprint density at radius 1 is 1.37 bits per heavy atom. The van der Waals surface area contributed by atoms with Crippen LogP contribution in [0.15, 0.2) is 46.0 Å². The van der Waals surface area contributed by atoms with Crippen LogP contribution < -0.4 is 15.5 Å². The number of benzene rings is 1. The summed E-state index contributed by atoms with van der Waals surface area (Å²) >= 11 is 0.